The van der Waals surface area contributed by atoms with Gasteiger partial charge in [-0.2, -0.15) is 0 Å². The van der Waals surface area contributed by atoms with Crippen molar-refractivity contribution in [3.8, 4) is 0 Å². The number of fused-ring (bicyclic) bond motifs is 5. The lowest BCUT2D eigenvalue weighted by atomic mass is 9.83. The molecule has 0 spiro atoms. The second kappa shape index (κ2) is 6.65. The van der Waals surface area contributed by atoms with E-state index in [0.29, 0.717) is 36.1 Å². The maximum Gasteiger partial charge on any atom is 0.334 e. The van der Waals surface area contributed by atoms with Gasteiger partial charge in [-0.15, -0.1) is 0 Å². The van der Waals surface area contributed by atoms with E-state index in [0.717, 1.165) is 12.1 Å². The van der Waals surface area contributed by atoms with Crippen molar-refractivity contribution in [2.24, 2.45) is 5.92 Å². The van der Waals surface area contributed by atoms with Crippen LogP contribution in [0, 0.1) is 16.0 Å². The van der Waals surface area contributed by atoms with Crippen molar-refractivity contribution in [2.75, 3.05) is 13.1 Å². The van der Waals surface area contributed by atoms with Gasteiger partial charge in [-0.25, -0.2) is 0 Å². The summed E-state index contributed by atoms with van der Waals surface area (Å²) in [7, 11) is 0. The number of rotatable bonds is 2. The number of para-hydroxylation sites is 1. The third-order valence-corrected chi connectivity index (χ3v) is 6.05. The van der Waals surface area contributed by atoms with Gasteiger partial charge in [0.15, 0.2) is 0 Å². The first-order chi connectivity index (χ1) is 14.4. The van der Waals surface area contributed by atoms with Crippen molar-refractivity contribution in [1.82, 2.24) is 14.5 Å². The lowest BCUT2D eigenvalue weighted by Gasteiger charge is -2.42. The van der Waals surface area contributed by atoms with E-state index in [2.05, 4.69) is 4.98 Å². The summed E-state index contributed by atoms with van der Waals surface area (Å²) in [6, 6.07) is 11.4. The summed E-state index contributed by atoms with van der Waals surface area (Å²) in [6.45, 7) is 1.17. The highest BCUT2D eigenvalue weighted by molar-refractivity contribution is 6.06. The van der Waals surface area contributed by atoms with Crippen molar-refractivity contribution < 1.29 is 9.72 Å². The molecule has 0 radical (unpaired) electrons. The molecule has 152 valence electrons. The second-order valence-corrected chi connectivity index (χ2v) is 7.92. The molecule has 5 rings (SSSR count). The lowest BCUT2D eigenvalue weighted by molar-refractivity contribution is -0.386. The van der Waals surface area contributed by atoms with E-state index in [9.17, 15) is 24.5 Å². The van der Waals surface area contributed by atoms with Crippen molar-refractivity contribution in [3.05, 3.63) is 84.5 Å². The number of aromatic nitrogens is 2. The summed E-state index contributed by atoms with van der Waals surface area (Å²) in [6.07, 6.45) is 0.817. The van der Waals surface area contributed by atoms with Crippen LogP contribution in [-0.2, 0) is 6.54 Å². The van der Waals surface area contributed by atoms with Gasteiger partial charge in [-0.1, -0.05) is 18.2 Å². The number of piperidine rings is 1. The van der Waals surface area contributed by atoms with Crippen LogP contribution in [0.2, 0.25) is 0 Å². The first kappa shape index (κ1) is 18.3. The molecule has 1 amide bonds. The minimum Gasteiger partial charge on any atom is -0.338 e. The molecule has 1 fully saturated rings. The van der Waals surface area contributed by atoms with E-state index in [4.69, 9.17) is 0 Å². The number of carbonyl (C=O) groups is 1. The van der Waals surface area contributed by atoms with Crippen molar-refractivity contribution >= 4 is 22.5 Å². The van der Waals surface area contributed by atoms with Crippen molar-refractivity contribution in [2.45, 2.75) is 18.9 Å². The maximum atomic E-state index is 13.3. The number of pyridine rings is 2. The van der Waals surface area contributed by atoms with Crippen LogP contribution in [0.4, 0.5) is 5.69 Å². The predicted molar refractivity (Wildman–Crippen MR) is 109 cm³/mol. The molecule has 2 atom stereocenters. The van der Waals surface area contributed by atoms with Gasteiger partial charge in [0.1, 0.15) is 0 Å². The number of aromatic amines is 1. The number of hydrogen-bond donors (Lipinski definition) is 1. The van der Waals surface area contributed by atoms with Crippen molar-refractivity contribution in [3.63, 3.8) is 0 Å². The molecule has 0 saturated carbocycles. The summed E-state index contributed by atoms with van der Waals surface area (Å²) < 4.78 is 1.49. The number of amides is 1. The van der Waals surface area contributed by atoms with Gasteiger partial charge in [0.2, 0.25) is 5.56 Å². The summed E-state index contributed by atoms with van der Waals surface area (Å²) in [5.41, 5.74) is 0.327. The average Bonchev–Trinajstić information content (AvgIpc) is 2.73. The number of likely N-dealkylation sites (tertiary alicyclic amines) is 1. The topological polar surface area (TPSA) is 118 Å². The molecule has 30 heavy (non-hydrogen) atoms. The Labute approximate surface area is 169 Å². The fourth-order valence-corrected chi connectivity index (χ4v) is 4.79. The number of hydrogen-bond acceptors (Lipinski definition) is 5. The molecular weight excluding hydrogens is 388 g/mol. The minimum atomic E-state index is -0.659. The number of nitrogens with one attached hydrogen (secondary N) is 1. The molecule has 1 N–H and O–H groups in total. The van der Waals surface area contributed by atoms with E-state index < -0.39 is 16.2 Å². The van der Waals surface area contributed by atoms with E-state index in [-0.39, 0.29) is 23.3 Å². The lowest BCUT2D eigenvalue weighted by Crippen LogP contribution is -2.49. The zero-order valence-corrected chi connectivity index (χ0v) is 15.9. The van der Waals surface area contributed by atoms with E-state index in [1.165, 1.54) is 16.7 Å². The number of nitro groups is 1. The summed E-state index contributed by atoms with van der Waals surface area (Å²) in [5, 5.41) is 11.8. The van der Waals surface area contributed by atoms with Crippen LogP contribution < -0.4 is 11.1 Å². The smallest absolute Gasteiger partial charge is 0.334 e. The molecule has 2 bridgehead atoms. The van der Waals surface area contributed by atoms with Gasteiger partial charge < -0.3 is 14.5 Å². The first-order valence-electron chi connectivity index (χ1n) is 9.72. The van der Waals surface area contributed by atoms with Gasteiger partial charge in [-0.05, 0) is 24.5 Å². The van der Waals surface area contributed by atoms with Crippen LogP contribution in [0.25, 0.3) is 10.9 Å². The Morgan fingerprint density at radius 2 is 1.90 bits per heavy atom. The SMILES string of the molecule is O=C(c1cc(=O)[nH]c2ccccc12)N1CC2C[C@H](C1)Cn1c2ccc([N+](=O)[O-])c1=O. The number of carbonyl (C=O) groups excluding carboxylic acids is 1. The Bertz CT molecular complexity index is 1320. The molecule has 2 aromatic heterocycles. The minimum absolute atomic E-state index is 0.0214. The zero-order chi connectivity index (χ0) is 21.0. The molecule has 2 aliphatic rings. The molecule has 4 heterocycles. The Morgan fingerprint density at radius 3 is 2.70 bits per heavy atom. The summed E-state index contributed by atoms with van der Waals surface area (Å²) >= 11 is 0. The van der Waals surface area contributed by atoms with Crippen LogP contribution in [-0.4, -0.2) is 38.4 Å². The standard InChI is InChI=1S/C21H18N4O5/c26-19-8-15(14-3-1-2-4-16(14)22-19)20(27)23-9-12-7-13(11-23)17-5-6-18(25(29)30)21(28)24(17)10-12/h1-6,8,12-13H,7,9-11H2,(H,22,26)/t12-,13?/m1/s1. The molecule has 2 aliphatic heterocycles. The monoisotopic (exact) mass is 406 g/mol. The highest BCUT2D eigenvalue weighted by atomic mass is 16.6. The Balaban J connectivity index is 1.52. The Morgan fingerprint density at radius 1 is 1.10 bits per heavy atom. The average molecular weight is 406 g/mol. The molecule has 1 unspecified atom stereocenters. The zero-order valence-electron chi connectivity index (χ0n) is 15.9. The fourth-order valence-electron chi connectivity index (χ4n) is 4.79. The van der Waals surface area contributed by atoms with Crippen LogP contribution in [0.1, 0.15) is 28.4 Å². The number of benzene rings is 1. The van der Waals surface area contributed by atoms with E-state index >= 15 is 0 Å². The molecule has 3 aromatic rings. The van der Waals surface area contributed by atoms with Crippen LogP contribution >= 0.6 is 0 Å². The highest BCUT2D eigenvalue weighted by Gasteiger charge is 2.38. The Kier molecular flexibility index (Phi) is 4.05. The third-order valence-electron chi connectivity index (χ3n) is 6.05. The summed E-state index contributed by atoms with van der Waals surface area (Å²) in [5.74, 6) is -0.277. The Hall–Kier alpha value is -3.75. The highest BCUT2D eigenvalue weighted by Crippen LogP contribution is 2.36. The second-order valence-electron chi connectivity index (χ2n) is 7.92. The van der Waals surface area contributed by atoms with Gasteiger partial charge in [0.25, 0.3) is 5.91 Å². The maximum absolute atomic E-state index is 13.3. The first-order valence-corrected chi connectivity index (χ1v) is 9.72. The third kappa shape index (κ3) is 2.81. The number of H-pyrrole nitrogens is 1. The quantitative estimate of drug-likeness (QED) is 0.515. The normalized spacial score (nSPS) is 20.1. The van der Waals surface area contributed by atoms with Gasteiger partial charge >= 0.3 is 11.2 Å². The molecule has 9 nitrogen and oxygen atoms in total. The molecular formula is C21H18N4O5. The number of nitrogens with zero attached hydrogens (tertiary/aromatic N) is 3. The molecule has 1 saturated heterocycles. The van der Waals surface area contributed by atoms with E-state index in [1.807, 2.05) is 6.07 Å². The van der Waals surface area contributed by atoms with Crippen LogP contribution in [0.5, 0.6) is 0 Å². The molecule has 1 aromatic carbocycles. The summed E-state index contributed by atoms with van der Waals surface area (Å²) in [4.78, 5) is 52.8. The van der Waals surface area contributed by atoms with Crippen LogP contribution in [0.15, 0.2) is 52.1 Å². The van der Waals surface area contributed by atoms with E-state index in [1.54, 1.807) is 29.2 Å². The van der Waals surface area contributed by atoms with Crippen molar-refractivity contribution in [1.29, 1.82) is 0 Å². The molecule has 9 heteroatoms. The van der Waals surface area contributed by atoms with Gasteiger partial charge in [-0.3, -0.25) is 24.5 Å². The van der Waals surface area contributed by atoms with Gasteiger partial charge in [0.05, 0.1) is 10.5 Å². The van der Waals surface area contributed by atoms with Gasteiger partial charge in [0, 0.05) is 54.3 Å². The van der Waals surface area contributed by atoms with Crippen LogP contribution in [0.3, 0.4) is 0 Å². The predicted octanol–water partition coefficient (Wildman–Crippen LogP) is 1.86. The molecule has 0 aliphatic carbocycles. The largest absolute Gasteiger partial charge is 0.338 e. The fraction of sp³-hybridized carbons (Fsp3) is 0.286.